The van der Waals surface area contributed by atoms with Gasteiger partial charge >= 0.3 is 0 Å². The number of likely N-dealkylation sites (tertiary alicyclic amines) is 1. The van der Waals surface area contributed by atoms with Gasteiger partial charge in [-0.25, -0.2) is 0 Å². The monoisotopic (exact) mass is 419 g/mol. The molecule has 2 aliphatic heterocycles. The summed E-state index contributed by atoms with van der Waals surface area (Å²) in [5.74, 6) is 0.909. The summed E-state index contributed by atoms with van der Waals surface area (Å²) < 4.78 is 5.68. The van der Waals surface area contributed by atoms with E-state index in [9.17, 15) is 9.59 Å². The molecule has 1 fully saturated rings. The summed E-state index contributed by atoms with van der Waals surface area (Å²) in [6.07, 6.45) is 4.64. The molecule has 1 saturated heterocycles. The number of nitrogens with zero attached hydrogens (tertiary/aromatic N) is 3. The average Bonchev–Trinajstić information content (AvgIpc) is 3.04. The lowest BCUT2D eigenvalue weighted by Gasteiger charge is -2.32. The number of imide groups is 1. The molecule has 2 aliphatic rings. The molecular weight excluding hydrogens is 390 g/mol. The number of benzene rings is 1. The maximum Gasteiger partial charge on any atom is 0.278 e. The summed E-state index contributed by atoms with van der Waals surface area (Å²) in [7, 11) is 0. The molecule has 4 rings (SSSR count). The second kappa shape index (κ2) is 9.33. The van der Waals surface area contributed by atoms with Gasteiger partial charge in [0.15, 0.2) is 0 Å². The highest BCUT2D eigenvalue weighted by atomic mass is 16.5. The van der Waals surface area contributed by atoms with Crippen LogP contribution in [0.25, 0.3) is 5.57 Å². The van der Waals surface area contributed by atoms with E-state index in [4.69, 9.17) is 4.74 Å². The van der Waals surface area contributed by atoms with Gasteiger partial charge in [0.25, 0.3) is 11.8 Å². The minimum absolute atomic E-state index is 0.174. The third kappa shape index (κ3) is 4.48. The van der Waals surface area contributed by atoms with Gasteiger partial charge in [-0.1, -0.05) is 32.0 Å². The van der Waals surface area contributed by atoms with Crippen molar-refractivity contribution in [2.45, 2.75) is 39.7 Å². The normalized spacial score (nSPS) is 17.6. The van der Waals surface area contributed by atoms with Crippen molar-refractivity contribution in [3.8, 4) is 5.75 Å². The summed E-state index contributed by atoms with van der Waals surface area (Å²) in [6, 6.07) is 13.0. The van der Waals surface area contributed by atoms with Crippen molar-refractivity contribution in [3.63, 3.8) is 0 Å². The predicted molar refractivity (Wildman–Crippen MR) is 119 cm³/mol. The van der Waals surface area contributed by atoms with Crippen LogP contribution in [0.2, 0.25) is 0 Å². The van der Waals surface area contributed by atoms with E-state index in [2.05, 4.69) is 23.7 Å². The van der Waals surface area contributed by atoms with Crippen molar-refractivity contribution < 1.29 is 14.3 Å². The van der Waals surface area contributed by atoms with Gasteiger partial charge in [-0.05, 0) is 55.0 Å². The zero-order valence-electron chi connectivity index (χ0n) is 18.2. The predicted octanol–water partition coefficient (Wildman–Crippen LogP) is 3.88. The van der Waals surface area contributed by atoms with Gasteiger partial charge in [-0.2, -0.15) is 0 Å². The van der Waals surface area contributed by atoms with Crippen LogP contribution in [-0.2, 0) is 16.1 Å². The number of rotatable bonds is 7. The van der Waals surface area contributed by atoms with E-state index in [1.165, 1.54) is 4.90 Å². The molecule has 0 bridgehead atoms. The summed E-state index contributed by atoms with van der Waals surface area (Å²) in [4.78, 5) is 34.6. The van der Waals surface area contributed by atoms with E-state index in [0.29, 0.717) is 29.5 Å². The quantitative estimate of drug-likeness (QED) is 0.638. The van der Waals surface area contributed by atoms with Crippen molar-refractivity contribution in [3.05, 3.63) is 65.6 Å². The zero-order chi connectivity index (χ0) is 21.8. The molecule has 6 nitrogen and oxygen atoms in total. The molecule has 0 spiro atoms. The molecule has 31 heavy (non-hydrogen) atoms. The van der Waals surface area contributed by atoms with Gasteiger partial charge in [0.05, 0.1) is 24.4 Å². The second-order valence-electron chi connectivity index (χ2n) is 8.28. The van der Waals surface area contributed by atoms with Gasteiger partial charge in [-0.15, -0.1) is 0 Å². The molecule has 0 saturated carbocycles. The summed E-state index contributed by atoms with van der Waals surface area (Å²) >= 11 is 0. The number of piperidine rings is 1. The fourth-order valence-electron chi connectivity index (χ4n) is 4.08. The van der Waals surface area contributed by atoms with Crippen LogP contribution in [-0.4, -0.2) is 46.3 Å². The second-order valence-corrected chi connectivity index (χ2v) is 8.28. The van der Waals surface area contributed by atoms with E-state index in [-0.39, 0.29) is 18.4 Å². The Morgan fingerprint density at radius 1 is 1.03 bits per heavy atom. The Labute approximate surface area is 183 Å². The Balaban J connectivity index is 1.67. The van der Waals surface area contributed by atoms with Crippen molar-refractivity contribution in [2.75, 3.05) is 19.7 Å². The van der Waals surface area contributed by atoms with Gasteiger partial charge in [0, 0.05) is 19.3 Å². The lowest BCUT2D eigenvalue weighted by molar-refractivity contribution is -0.138. The van der Waals surface area contributed by atoms with Gasteiger partial charge in [-0.3, -0.25) is 19.5 Å². The number of carbonyl (C=O) groups excluding carboxylic acids is 2. The van der Waals surface area contributed by atoms with Crippen LogP contribution < -0.4 is 4.74 Å². The SMILES string of the molecule is CCCOc1ccc(C2=C(N3CCC(C)CC3)C(=O)N(Cc3ccccn3)C2=O)cc1. The maximum atomic E-state index is 13.5. The molecule has 2 amide bonds. The van der Waals surface area contributed by atoms with Gasteiger partial charge in [0.2, 0.25) is 0 Å². The molecule has 0 N–H and O–H groups in total. The molecule has 0 radical (unpaired) electrons. The summed E-state index contributed by atoms with van der Waals surface area (Å²) in [5, 5.41) is 0. The molecule has 0 unspecified atom stereocenters. The van der Waals surface area contributed by atoms with E-state index >= 15 is 0 Å². The first-order valence-electron chi connectivity index (χ1n) is 11.1. The third-order valence-electron chi connectivity index (χ3n) is 5.91. The van der Waals surface area contributed by atoms with Crippen molar-refractivity contribution in [1.29, 1.82) is 0 Å². The van der Waals surface area contributed by atoms with Crippen LogP contribution in [0.5, 0.6) is 5.75 Å². The Morgan fingerprint density at radius 2 is 1.77 bits per heavy atom. The first kappa shape index (κ1) is 21.1. The first-order chi connectivity index (χ1) is 15.1. The lowest BCUT2D eigenvalue weighted by Crippen LogP contribution is -2.38. The molecular formula is C25H29N3O3. The molecule has 3 heterocycles. The first-order valence-corrected chi connectivity index (χ1v) is 11.1. The van der Waals surface area contributed by atoms with Crippen LogP contribution in [0.4, 0.5) is 0 Å². The number of carbonyl (C=O) groups is 2. The molecule has 2 aromatic rings. The van der Waals surface area contributed by atoms with Crippen LogP contribution in [0.3, 0.4) is 0 Å². The highest BCUT2D eigenvalue weighted by Gasteiger charge is 2.42. The smallest absolute Gasteiger partial charge is 0.278 e. The van der Waals surface area contributed by atoms with Gasteiger partial charge < -0.3 is 9.64 Å². The largest absolute Gasteiger partial charge is 0.494 e. The molecule has 6 heteroatoms. The number of hydrogen-bond donors (Lipinski definition) is 0. The molecule has 0 atom stereocenters. The fraction of sp³-hybridized carbons (Fsp3) is 0.400. The van der Waals surface area contributed by atoms with E-state index in [0.717, 1.165) is 43.7 Å². The van der Waals surface area contributed by atoms with Crippen LogP contribution in [0.1, 0.15) is 44.4 Å². The van der Waals surface area contributed by atoms with Crippen molar-refractivity contribution in [1.82, 2.24) is 14.8 Å². The molecule has 162 valence electrons. The van der Waals surface area contributed by atoms with E-state index in [1.807, 2.05) is 42.5 Å². The average molecular weight is 420 g/mol. The molecule has 1 aromatic heterocycles. The maximum absolute atomic E-state index is 13.5. The number of pyridine rings is 1. The Morgan fingerprint density at radius 3 is 2.42 bits per heavy atom. The minimum atomic E-state index is -0.258. The fourth-order valence-corrected chi connectivity index (χ4v) is 4.08. The zero-order valence-corrected chi connectivity index (χ0v) is 18.2. The topological polar surface area (TPSA) is 62.7 Å². The van der Waals surface area contributed by atoms with Crippen LogP contribution in [0.15, 0.2) is 54.4 Å². The van der Waals surface area contributed by atoms with Crippen molar-refractivity contribution >= 4 is 17.4 Å². The summed E-state index contributed by atoms with van der Waals surface area (Å²) in [5.41, 5.74) is 2.45. The van der Waals surface area contributed by atoms with Crippen LogP contribution in [0, 0.1) is 5.92 Å². The highest BCUT2D eigenvalue weighted by molar-refractivity contribution is 6.35. The minimum Gasteiger partial charge on any atom is -0.494 e. The molecule has 0 aliphatic carbocycles. The number of amides is 2. The summed E-state index contributed by atoms with van der Waals surface area (Å²) in [6.45, 7) is 6.69. The standard InChI is InChI=1S/C25H29N3O3/c1-3-16-31-21-9-7-19(8-10-21)22-23(27-14-11-18(2)12-15-27)25(30)28(24(22)29)17-20-6-4-5-13-26-20/h4-10,13,18H,3,11-12,14-17H2,1-2H3. The molecule has 1 aromatic carbocycles. The van der Waals surface area contributed by atoms with E-state index in [1.54, 1.807) is 6.20 Å². The Hall–Kier alpha value is -3.15. The highest BCUT2D eigenvalue weighted by Crippen LogP contribution is 2.35. The Kier molecular flexibility index (Phi) is 6.35. The van der Waals surface area contributed by atoms with Gasteiger partial charge in [0.1, 0.15) is 11.4 Å². The third-order valence-corrected chi connectivity index (χ3v) is 5.91. The number of aromatic nitrogens is 1. The van der Waals surface area contributed by atoms with Crippen molar-refractivity contribution in [2.24, 2.45) is 5.92 Å². The Bertz CT molecular complexity index is 961. The van der Waals surface area contributed by atoms with E-state index < -0.39 is 0 Å². The van der Waals surface area contributed by atoms with Crippen LogP contribution >= 0.6 is 0 Å². The number of ether oxygens (including phenoxy) is 1. The lowest BCUT2D eigenvalue weighted by atomic mass is 9.97. The number of hydrogen-bond acceptors (Lipinski definition) is 5.